The van der Waals surface area contributed by atoms with Gasteiger partial charge in [-0.25, -0.2) is 0 Å². The van der Waals surface area contributed by atoms with Crippen molar-refractivity contribution in [2.75, 3.05) is 6.61 Å². The van der Waals surface area contributed by atoms with Crippen LogP contribution in [0.4, 0.5) is 0 Å². The summed E-state index contributed by atoms with van der Waals surface area (Å²) in [5.41, 5.74) is 2.65. The molecule has 0 N–H and O–H groups in total. The van der Waals surface area contributed by atoms with Crippen LogP contribution >= 0.6 is 0 Å². The molecule has 1 saturated heterocycles. The molecule has 2 nitrogen and oxygen atoms in total. The van der Waals surface area contributed by atoms with Crippen molar-refractivity contribution in [3.8, 4) is 5.75 Å². The van der Waals surface area contributed by atoms with Gasteiger partial charge < -0.3 is 9.47 Å². The minimum absolute atomic E-state index is 0.335. The second kappa shape index (κ2) is 2.99. The van der Waals surface area contributed by atoms with Crippen LogP contribution < -0.4 is 4.74 Å². The van der Waals surface area contributed by atoms with Crippen LogP contribution in [-0.2, 0) is 11.2 Å². The fourth-order valence-corrected chi connectivity index (χ4v) is 2.09. The summed E-state index contributed by atoms with van der Waals surface area (Å²) in [6, 6.07) is 6.44. The molecule has 0 aromatic heterocycles. The molecule has 0 amide bonds. The maximum Gasteiger partial charge on any atom is 0.122 e. The third-order valence-electron chi connectivity index (χ3n) is 2.97. The van der Waals surface area contributed by atoms with E-state index in [1.54, 1.807) is 0 Å². The maximum atomic E-state index is 5.56. The summed E-state index contributed by atoms with van der Waals surface area (Å²) in [7, 11) is 0. The molecular formula is C12H14O2. The normalized spacial score (nSPS) is 29.2. The summed E-state index contributed by atoms with van der Waals surface area (Å²) in [6.45, 7) is 2.98. The first kappa shape index (κ1) is 8.30. The number of rotatable bonds is 1. The van der Waals surface area contributed by atoms with Gasteiger partial charge in [0.1, 0.15) is 11.9 Å². The van der Waals surface area contributed by atoms with Crippen LogP contribution in [0.2, 0.25) is 0 Å². The number of hydrogen-bond donors (Lipinski definition) is 0. The van der Waals surface area contributed by atoms with Crippen LogP contribution in [0.25, 0.3) is 0 Å². The SMILES string of the molecule is CC1OC1c1ccc2c(c1)CCCO2. The molecule has 2 atom stereocenters. The van der Waals surface area contributed by atoms with Crippen LogP contribution in [0.1, 0.15) is 30.6 Å². The second-order valence-electron chi connectivity index (χ2n) is 4.08. The summed E-state index contributed by atoms with van der Waals surface area (Å²) in [5, 5.41) is 0. The minimum atomic E-state index is 0.335. The number of ether oxygens (including phenoxy) is 2. The molecule has 1 aromatic rings. The lowest BCUT2D eigenvalue weighted by Crippen LogP contribution is -2.08. The third kappa shape index (κ3) is 1.30. The number of epoxide rings is 1. The molecule has 2 aliphatic rings. The van der Waals surface area contributed by atoms with Gasteiger partial charge in [0, 0.05) is 0 Å². The Kier molecular flexibility index (Phi) is 1.77. The molecule has 0 aliphatic carbocycles. The smallest absolute Gasteiger partial charge is 0.122 e. The molecule has 1 fully saturated rings. The predicted molar refractivity (Wildman–Crippen MR) is 53.5 cm³/mol. The lowest BCUT2D eigenvalue weighted by molar-refractivity contribution is 0.288. The van der Waals surface area contributed by atoms with E-state index < -0.39 is 0 Å². The van der Waals surface area contributed by atoms with Crippen molar-refractivity contribution in [1.82, 2.24) is 0 Å². The number of fused-ring (bicyclic) bond motifs is 1. The Hall–Kier alpha value is -1.02. The van der Waals surface area contributed by atoms with Crippen molar-refractivity contribution >= 4 is 0 Å². The maximum absolute atomic E-state index is 5.56. The molecular weight excluding hydrogens is 176 g/mol. The van der Waals surface area contributed by atoms with Gasteiger partial charge in [0.2, 0.25) is 0 Å². The highest BCUT2D eigenvalue weighted by Gasteiger charge is 2.36. The van der Waals surface area contributed by atoms with E-state index in [2.05, 4.69) is 25.1 Å². The van der Waals surface area contributed by atoms with Gasteiger partial charge in [0.15, 0.2) is 0 Å². The molecule has 14 heavy (non-hydrogen) atoms. The molecule has 0 spiro atoms. The van der Waals surface area contributed by atoms with E-state index in [4.69, 9.17) is 9.47 Å². The molecule has 1 aromatic carbocycles. The van der Waals surface area contributed by atoms with Gasteiger partial charge in [-0.1, -0.05) is 6.07 Å². The molecule has 3 rings (SSSR count). The fourth-order valence-electron chi connectivity index (χ4n) is 2.09. The molecule has 0 radical (unpaired) electrons. The minimum Gasteiger partial charge on any atom is -0.493 e. The Balaban J connectivity index is 1.93. The zero-order valence-electron chi connectivity index (χ0n) is 8.32. The van der Waals surface area contributed by atoms with Gasteiger partial charge in [0.25, 0.3) is 0 Å². The second-order valence-corrected chi connectivity index (χ2v) is 4.08. The van der Waals surface area contributed by atoms with Gasteiger partial charge in [0.05, 0.1) is 12.7 Å². The van der Waals surface area contributed by atoms with Gasteiger partial charge in [-0.2, -0.15) is 0 Å². The fraction of sp³-hybridized carbons (Fsp3) is 0.500. The van der Waals surface area contributed by atoms with E-state index >= 15 is 0 Å². The van der Waals surface area contributed by atoms with Crippen LogP contribution in [0.15, 0.2) is 18.2 Å². The predicted octanol–water partition coefficient (Wildman–Crippen LogP) is 2.47. The van der Waals surface area contributed by atoms with Gasteiger partial charge >= 0.3 is 0 Å². The van der Waals surface area contributed by atoms with Gasteiger partial charge in [-0.3, -0.25) is 0 Å². The van der Waals surface area contributed by atoms with Crippen LogP contribution in [0.3, 0.4) is 0 Å². The summed E-state index contributed by atoms with van der Waals surface area (Å²) >= 11 is 0. The zero-order valence-corrected chi connectivity index (χ0v) is 8.32. The third-order valence-corrected chi connectivity index (χ3v) is 2.97. The summed E-state index contributed by atoms with van der Waals surface area (Å²) < 4.78 is 11.0. The zero-order chi connectivity index (χ0) is 9.54. The van der Waals surface area contributed by atoms with Crippen LogP contribution in [0.5, 0.6) is 5.75 Å². The van der Waals surface area contributed by atoms with Crippen molar-refractivity contribution in [3.05, 3.63) is 29.3 Å². The van der Waals surface area contributed by atoms with Crippen LogP contribution in [-0.4, -0.2) is 12.7 Å². The van der Waals surface area contributed by atoms with Crippen molar-refractivity contribution in [2.24, 2.45) is 0 Å². The Morgan fingerprint density at radius 2 is 2.21 bits per heavy atom. The molecule has 0 bridgehead atoms. The topological polar surface area (TPSA) is 21.8 Å². The number of hydrogen-bond acceptors (Lipinski definition) is 2. The number of benzene rings is 1. The van der Waals surface area contributed by atoms with Crippen molar-refractivity contribution in [1.29, 1.82) is 0 Å². The molecule has 2 unspecified atom stereocenters. The Labute approximate surface area is 83.8 Å². The monoisotopic (exact) mass is 190 g/mol. The lowest BCUT2D eigenvalue weighted by atomic mass is 10.0. The highest BCUT2D eigenvalue weighted by molar-refractivity contribution is 5.40. The van der Waals surface area contributed by atoms with E-state index in [1.165, 1.54) is 11.1 Å². The Bertz CT molecular complexity index is 359. The quantitative estimate of drug-likeness (QED) is 0.634. The average Bonchev–Trinajstić information content (AvgIpc) is 2.95. The summed E-state index contributed by atoms with van der Waals surface area (Å²) in [4.78, 5) is 0. The van der Waals surface area contributed by atoms with Crippen molar-refractivity contribution in [2.45, 2.75) is 32.0 Å². The Morgan fingerprint density at radius 3 is 3.00 bits per heavy atom. The standard InChI is InChI=1S/C12H14O2/c1-8-12(14-8)10-4-5-11-9(7-10)3-2-6-13-11/h4-5,7-8,12H,2-3,6H2,1H3. The van der Waals surface area contributed by atoms with E-state index in [9.17, 15) is 0 Å². The summed E-state index contributed by atoms with van der Waals surface area (Å²) in [5.74, 6) is 1.06. The van der Waals surface area contributed by atoms with Gasteiger partial charge in [-0.15, -0.1) is 0 Å². The molecule has 74 valence electrons. The first-order valence-corrected chi connectivity index (χ1v) is 5.26. The van der Waals surface area contributed by atoms with E-state index in [1.807, 2.05) is 0 Å². The average molecular weight is 190 g/mol. The number of aryl methyl sites for hydroxylation is 1. The van der Waals surface area contributed by atoms with E-state index in [-0.39, 0.29) is 0 Å². The molecule has 2 heterocycles. The van der Waals surface area contributed by atoms with Crippen molar-refractivity contribution < 1.29 is 9.47 Å². The summed E-state index contributed by atoms with van der Waals surface area (Å²) in [6.07, 6.45) is 3.02. The van der Waals surface area contributed by atoms with E-state index in [0.29, 0.717) is 12.2 Å². The van der Waals surface area contributed by atoms with Gasteiger partial charge in [-0.05, 0) is 43.0 Å². The molecule has 2 aliphatic heterocycles. The Morgan fingerprint density at radius 1 is 1.36 bits per heavy atom. The highest BCUT2D eigenvalue weighted by Crippen LogP contribution is 2.40. The largest absolute Gasteiger partial charge is 0.493 e. The first-order valence-electron chi connectivity index (χ1n) is 5.26. The van der Waals surface area contributed by atoms with Crippen molar-refractivity contribution in [3.63, 3.8) is 0 Å². The van der Waals surface area contributed by atoms with Crippen LogP contribution in [0, 0.1) is 0 Å². The van der Waals surface area contributed by atoms with E-state index in [0.717, 1.165) is 25.2 Å². The highest BCUT2D eigenvalue weighted by atomic mass is 16.6. The lowest BCUT2D eigenvalue weighted by Gasteiger charge is -2.17. The molecule has 2 heteroatoms. The molecule has 0 saturated carbocycles. The first-order chi connectivity index (χ1) is 6.84.